The highest BCUT2D eigenvalue weighted by atomic mass is 19.1. The summed E-state index contributed by atoms with van der Waals surface area (Å²) in [6.45, 7) is 2.22. The van der Waals surface area contributed by atoms with Crippen molar-refractivity contribution in [3.63, 3.8) is 0 Å². The molecule has 0 amide bonds. The van der Waals surface area contributed by atoms with Crippen molar-refractivity contribution < 1.29 is 9.13 Å². The van der Waals surface area contributed by atoms with Crippen molar-refractivity contribution in [2.45, 2.75) is 12.5 Å². The normalized spacial score (nSPS) is 25.2. The molecule has 4 heteroatoms. The highest BCUT2D eigenvalue weighted by Gasteiger charge is 2.21. The molecule has 1 aliphatic heterocycles. The van der Waals surface area contributed by atoms with Crippen LogP contribution in [0.5, 0.6) is 0 Å². The first-order valence-electron chi connectivity index (χ1n) is 4.16. The van der Waals surface area contributed by atoms with Gasteiger partial charge in [0.25, 0.3) is 0 Å². The van der Waals surface area contributed by atoms with Crippen LogP contribution in [0.15, 0.2) is 0 Å². The van der Waals surface area contributed by atoms with Gasteiger partial charge in [0.05, 0.1) is 26.0 Å². The lowest BCUT2D eigenvalue weighted by Crippen LogP contribution is -2.45. The van der Waals surface area contributed by atoms with Crippen LogP contribution >= 0.6 is 0 Å². The average Bonchev–Trinajstić information content (AvgIpc) is 2.15. The van der Waals surface area contributed by atoms with Crippen LogP contribution in [0.2, 0.25) is 0 Å². The van der Waals surface area contributed by atoms with Gasteiger partial charge >= 0.3 is 0 Å². The molecule has 0 spiro atoms. The number of rotatable bonds is 3. The van der Waals surface area contributed by atoms with Crippen LogP contribution in [-0.2, 0) is 4.74 Å². The molecule has 1 saturated heterocycles. The van der Waals surface area contributed by atoms with Crippen molar-refractivity contribution in [1.82, 2.24) is 4.90 Å². The molecule has 1 heterocycles. The van der Waals surface area contributed by atoms with Crippen molar-refractivity contribution in [1.29, 1.82) is 5.26 Å². The van der Waals surface area contributed by atoms with Crippen molar-refractivity contribution in [2.75, 3.05) is 33.0 Å². The minimum atomic E-state index is -0.310. The smallest absolute Gasteiger partial charge is 0.121 e. The molecule has 0 aromatic rings. The summed E-state index contributed by atoms with van der Waals surface area (Å²) in [7, 11) is 0. The topological polar surface area (TPSA) is 36.3 Å². The Kier molecular flexibility index (Phi) is 3.98. The van der Waals surface area contributed by atoms with Gasteiger partial charge in [-0.05, 0) is 6.42 Å². The summed E-state index contributed by atoms with van der Waals surface area (Å²) in [5, 5.41) is 8.70. The third-order valence-corrected chi connectivity index (χ3v) is 1.97. The van der Waals surface area contributed by atoms with E-state index in [-0.39, 0.29) is 12.7 Å². The number of alkyl halides is 1. The van der Waals surface area contributed by atoms with Gasteiger partial charge in [-0.25, -0.2) is 0 Å². The number of hydrogen-bond acceptors (Lipinski definition) is 3. The Morgan fingerprint density at radius 1 is 1.67 bits per heavy atom. The number of morpholine rings is 1. The van der Waals surface area contributed by atoms with Gasteiger partial charge in [-0.2, -0.15) is 5.26 Å². The second-order valence-corrected chi connectivity index (χ2v) is 2.80. The molecule has 3 nitrogen and oxygen atoms in total. The van der Waals surface area contributed by atoms with Crippen LogP contribution < -0.4 is 0 Å². The van der Waals surface area contributed by atoms with Crippen LogP contribution in [0.25, 0.3) is 0 Å². The molecular formula is C8H13FN2O. The molecular weight excluding hydrogens is 159 g/mol. The molecule has 0 N–H and O–H groups in total. The molecule has 1 fully saturated rings. The van der Waals surface area contributed by atoms with E-state index in [0.717, 1.165) is 6.54 Å². The van der Waals surface area contributed by atoms with Crippen LogP contribution in [0.1, 0.15) is 6.42 Å². The first-order chi connectivity index (χ1) is 5.88. The Balaban J connectivity index is 2.32. The molecule has 0 aliphatic carbocycles. The third kappa shape index (κ3) is 2.43. The summed E-state index contributed by atoms with van der Waals surface area (Å²) in [5.41, 5.74) is 0. The van der Waals surface area contributed by atoms with Gasteiger partial charge in [0, 0.05) is 13.1 Å². The Morgan fingerprint density at radius 2 is 2.50 bits per heavy atom. The lowest BCUT2D eigenvalue weighted by molar-refractivity contribution is 0.0118. The van der Waals surface area contributed by atoms with Crippen molar-refractivity contribution in [2.24, 2.45) is 0 Å². The fourth-order valence-corrected chi connectivity index (χ4v) is 1.29. The lowest BCUT2D eigenvalue weighted by atomic mass is 10.2. The molecule has 0 aromatic carbocycles. The average molecular weight is 172 g/mol. The van der Waals surface area contributed by atoms with E-state index >= 15 is 0 Å². The number of hydrogen-bond donors (Lipinski definition) is 0. The van der Waals surface area contributed by atoms with Gasteiger partial charge < -0.3 is 4.74 Å². The molecule has 0 bridgehead atoms. The van der Waals surface area contributed by atoms with Crippen LogP contribution in [0.4, 0.5) is 4.39 Å². The van der Waals surface area contributed by atoms with Crippen molar-refractivity contribution >= 4 is 0 Å². The number of nitriles is 1. The number of nitrogens with zero attached hydrogens (tertiary/aromatic N) is 2. The Hall–Kier alpha value is -0.660. The van der Waals surface area contributed by atoms with Crippen molar-refractivity contribution in [3.05, 3.63) is 0 Å². The largest absolute Gasteiger partial charge is 0.377 e. The summed E-state index contributed by atoms with van der Waals surface area (Å²) in [5.74, 6) is 0. The molecule has 0 radical (unpaired) electrons. The van der Waals surface area contributed by atoms with E-state index in [1.807, 2.05) is 4.90 Å². The minimum absolute atomic E-state index is 0.176. The number of ether oxygens (including phenoxy) is 1. The minimum Gasteiger partial charge on any atom is -0.377 e. The molecule has 0 aromatic heterocycles. The predicted octanol–water partition coefficient (Wildman–Crippen LogP) is 0.570. The highest BCUT2D eigenvalue weighted by Crippen LogP contribution is 2.06. The van der Waals surface area contributed by atoms with Crippen molar-refractivity contribution in [3.8, 4) is 6.07 Å². The SMILES string of the molecule is N#CC1COCCN1CCCF. The fraction of sp³-hybridized carbons (Fsp3) is 0.875. The van der Waals surface area contributed by atoms with Gasteiger partial charge in [-0.15, -0.1) is 0 Å². The zero-order valence-electron chi connectivity index (χ0n) is 7.00. The zero-order chi connectivity index (χ0) is 8.81. The van der Waals surface area contributed by atoms with Crippen LogP contribution in [-0.4, -0.2) is 43.9 Å². The predicted molar refractivity (Wildman–Crippen MR) is 42.4 cm³/mol. The van der Waals surface area contributed by atoms with Gasteiger partial charge in [0.1, 0.15) is 6.04 Å². The standard InChI is InChI=1S/C8H13FN2O/c9-2-1-3-11-4-5-12-7-8(11)6-10/h8H,1-5,7H2. The van der Waals surface area contributed by atoms with E-state index in [4.69, 9.17) is 10.00 Å². The summed E-state index contributed by atoms with van der Waals surface area (Å²) in [6, 6.07) is 1.97. The van der Waals surface area contributed by atoms with Gasteiger partial charge in [-0.1, -0.05) is 0 Å². The highest BCUT2D eigenvalue weighted by molar-refractivity contribution is 4.93. The second kappa shape index (κ2) is 5.07. The molecule has 1 aliphatic rings. The van der Waals surface area contributed by atoms with Crippen LogP contribution in [0.3, 0.4) is 0 Å². The maximum absolute atomic E-state index is 11.8. The molecule has 1 atom stereocenters. The number of halogens is 1. The van der Waals surface area contributed by atoms with Gasteiger partial charge in [-0.3, -0.25) is 9.29 Å². The van der Waals surface area contributed by atoms with E-state index < -0.39 is 0 Å². The first kappa shape index (κ1) is 9.43. The fourth-order valence-electron chi connectivity index (χ4n) is 1.29. The summed E-state index contributed by atoms with van der Waals surface area (Å²) in [6.07, 6.45) is 0.512. The Morgan fingerprint density at radius 3 is 3.17 bits per heavy atom. The van der Waals surface area contributed by atoms with E-state index in [0.29, 0.717) is 26.2 Å². The van der Waals surface area contributed by atoms with E-state index in [2.05, 4.69) is 6.07 Å². The molecule has 0 saturated carbocycles. The summed E-state index contributed by atoms with van der Waals surface area (Å²) >= 11 is 0. The van der Waals surface area contributed by atoms with E-state index in [1.54, 1.807) is 0 Å². The lowest BCUT2D eigenvalue weighted by Gasteiger charge is -2.30. The Bertz CT molecular complexity index is 169. The van der Waals surface area contributed by atoms with E-state index in [9.17, 15) is 4.39 Å². The molecule has 12 heavy (non-hydrogen) atoms. The molecule has 1 rings (SSSR count). The summed E-state index contributed by atoms with van der Waals surface area (Å²) in [4.78, 5) is 1.98. The quantitative estimate of drug-likeness (QED) is 0.624. The maximum Gasteiger partial charge on any atom is 0.121 e. The Labute approximate surface area is 71.7 Å². The third-order valence-electron chi connectivity index (χ3n) is 1.97. The molecule has 68 valence electrons. The van der Waals surface area contributed by atoms with Gasteiger partial charge in [0.15, 0.2) is 0 Å². The first-order valence-corrected chi connectivity index (χ1v) is 4.16. The van der Waals surface area contributed by atoms with E-state index in [1.165, 1.54) is 0 Å². The van der Waals surface area contributed by atoms with Crippen LogP contribution in [0, 0.1) is 11.3 Å². The monoisotopic (exact) mass is 172 g/mol. The van der Waals surface area contributed by atoms with Gasteiger partial charge in [0.2, 0.25) is 0 Å². The second-order valence-electron chi connectivity index (χ2n) is 2.80. The summed E-state index contributed by atoms with van der Waals surface area (Å²) < 4.78 is 17.0. The molecule has 1 unspecified atom stereocenters. The maximum atomic E-state index is 11.8. The zero-order valence-corrected chi connectivity index (χ0v) is 7.00.